The minimum atomic E-state index is -1.19. The molecule has 6 rings (SSSR count). The molecule has 0 radical (unpaired) electrons. The predicted octanol–water partition coefficient (Wildman–Crippen LogP) is -0.0826. The van der Waals surface area contributed by atoms with E-state index >= 15 is 0 Å². The first-order valence-corrected chi connectivity index (χ1v) is 16.3. The number of benzene rings is 2. The van der Waals surface area contributed by atoms with Gasteiger partial charge in [0.05, 0.1) is 52.9 Å². The Morgan fingerprint density at radius 1 is 0.438 bits per heavy atom. The van der Waals surface area contributed by atoms with Crippen LogP contribution in [-0.4, -0.2) is 166 Å². The van der Waals surface area contributed by atoms with Gasteiger partial charge in [-0.25, -0.2) is 0 Å². The number of hydrogen-bond acceptors (Lipinski definition) is 16. The smallest absolute Gasteiger partial charge is 0.201 e. The van der Waals surface area contributed by atoms with Crippen molar-refractivity contribution in [2.45, 2.75) is 25.5 Å². The molecule has 0 bridgehead atoms. The fourth-order valence-corrected chi connectivity index (χ4v) is 6.13. The number of aliphatic hydroxyl groups is 2. The Kier molecular flexibility index (Phi) is 12.8. The Morgan fingerprint density at radius 2 is 0.750 bits per heavy atom. The average molecular weight is 681 g/mol. The number of aromatic hydroxyl groups is 6. The molecule has 2 aromatic carbocycles. The third-order valence-corrected chi connectivity index (χ3v) is 9.05. The zero-order chi connectivity index (χ0) is 34.2. The number of aliphatic hydroxyl groups excluding tert-OH is 2. The molecule has 16 nitrogen and oxygen atoms in total. The van der Waals surface area contributed by atoms with Crippen molar-refractivity contribution in [1.29, 1.82) is 0 Å². The highest BCUT2D eigenvalue weighted by atomic mass is 16.5. The summed E-state index contributed by atoms with van der Waals surface area (Å²) in [6, 6.07) is 3.11. The molecule has 4 aliphatic heterocycles. The Labute approximate surface area is 279 Å². The van der Waals surface area contributed by atoms with E-state index in [2.05, 4.69) is 9.80 Å². The second-order valence-electron chi connectivity index (χ2n) is 12.2. The highest BCUT2D eigenvalue weighted by Crippen LogP contribution is 2.46. The van der Waals surface area contributed by atoms with E-state index in [4.69, 9.17) is 18.9 Å². The van der Waals surface area contributed by atoms with E-state index in [1.54, 1.807) is 15.9 Å². The molecule has 16 heteroatoms. The lowest BCUT2D eigenvalue weighted by Crippen LogP contribution is -2.40. The van der Waals surface area contributed by atoms with E-state index in [-0.39, 0.29) is 22.6 Å². The highest BCUT2D eigenvalue weighted by molar-refractivity contribution is 5.59. The van der Waals surface area contributed by atoms with Crippen molar-refractivity contribution in [3.63, 3.8) is 0 Å². The molecule has 48 heavy (non-hydrogen) atoms. The Hall–Kier alpha value is -3.16. The van der Waals surface area contributed by atoms with Gasteiger partial charge in [-0.3, -0.25) is 19.6 Å². The van der Waals surface area contributed by atoms with Gasteiger partial charge in [0, 0.05) is 87.7 Å². The van der Waals surface area contributed by atoms with Crippen LogP contribution in [0.5, 0.6) is 34.5 Å². The number of rotatable bonds is 8. The summed E-state index contributed by atoms with van der Waals surface area (Å²) in [6.07, 6.45) is -2.38. The summed E-state index contributed by atoms with van der Waals surface area (Å²) in [5.41, 5.74) is 1.31. The third-order valence-electron chi connectivity index (χ3n) is 9.05. The lowest BCUT2D eigenvalue weighted by molar-refractivity contribution is -0.0648. The molecule has 0 aromatic heterocycles. The SMILES string of the molecule is Oc1c(C(O)N2CCOCC2)cc(C(O)N2CCOCC2)c(O)c1O.Oc1c(CN2CCOCC2)cc(CN2CCOCC2)c(O)c1O. The second kappa shape index (κ2) is 17.0. The van der Waals surface area contributed by atoms with E-state index < -0.39 is 35.5 Å². The van der Waals surface area contributed by atoms with Gasteiger partial charge < -0.3 is 59.8 Å². The topological polar surface area (TPSA) is 212 Å². The maximum atomic E-state index is 10.6. The number of hydrogen-bond donors (Lipinski definition) is 8. The van der Waals surface area contributed by atoms with Gasteiger partial charge in [-0.15, -0.1) is 0 Å². The first-order valence-electron chi connectivity index (χ1n) is 16.3. The highest BCUT2D eigenvalue weighted by Gasteiger charge is 2.31. The Balaban J connectivity index is 0.000000188. The first kappa shape index (κ1) is 36.1. The summed E-state index contributed by atoms with van der Waals surface area (Å²) in [4.78, 5) is 7.68. The second-order valence-corrected chi connectivity index (χ2v) is 12.2. The van der Waals surface area contributed by atoms with E-state index in [0.717, 1.165) is 26.2 Å². The molecule has 4 heterocycles. The summed E-state index contributed by atoms with van der Waals surface area (Å²) in [6.45, 7) is 10.6. The van der Waals surface area contributed by atoms with Crippen molar-refractivity contribution >= 4 is 0 Å². The predicted molar refractivity (Wildman–Crippen MR) is 170 cm³/mol. The van der Waals surface area contributed by atoms with Gasteiger partial charge in [0.25, 0.3) is 0 Å². The lowest BCUT2D eigenvalue weighted by Gasteiger charge is -2.34. The number of phenols is 6. The number of ether oxygens (including phenoxy) is 4. The minimum absolute atomic E-state index is 0.0273. The van der Waals surface area contributed by atoms with Gasteiger partial charge >= 0.3 is 0 Å². The monoisotopic (exact) mass is 680 g/mol. The number of phenolic OH excluding ortho intramolecular Hbond substituents is 6. The zero-order valence-corrected chi connectivity index (χ0v) is 27.0. The third kappa shape index (κ3) is 8.70. The minimum Gasteiger partial charge on any atom is -0.504 e. The summed E-state index contributed by atoms with van der Waals surface area (Å²) in [5, 5.41) is 81.8. The largest absolute Gasteiger partial charge is 0.504 e. The normalized spacial score (nSPS) is 21.7. The first-order chi connectivity index (χ1) is 23.2. The summed E-state index contributed by atoms with van der Waals surface area (Å²) < 4.78 is 21.1. The lowest BCUT2D eigenvalue weighted by atomic mass is 10.0. The molecule has 4 aliphatic rings. The molecule has 4 fully saturated rings. The van der Waals surface area contributed by atoms with Gasteiger partial charge in [-0.1, -0.05) is 0 Å². The molecule has 2 unspecified atom stereocenters. The van der Waals surface area contributed by atoms with Crippen LogP contribution in [-0.2, 0) is 32.0 Å². The molecular formula is C32H48N4O12. The van der Waals surface area contributed by atoms with Crippen LogP contribution in [0.25, 0.3) is 0 Å². The van der Waals surface area contributed by atoms with Crippen LogP contribution in [0.1, 0.15) is 34.7 Å². The van der Waals surface area contributed by atoms with Crippen LogP contribution in [0, 0.1) is 0 Å². The van der Waals surface area contributed by atoms with Crippen molar-refractivity contribution in [3.8, 4) is 34.5 Å². The Morgan fingerprint density at radius 3 is 1.10 bits per heavy atom. The zero-order valence-electron chi connectivity index (χ0n) is 27.0. The van der Waals surface area contributed by atoms with E-state index in [0.29, 0.717) is 103 Å². The van der Waals surface area contributed by atoms with Crippen molar-refractivity contribution in [2.75, 3.05) is 105 Å². The molecule has 0 amide bonds. The van der Waals surface area contributed by atoms with Crippen molar-refractivity contribution in [1.82, 2.24) is 19.6 Å². The molecule has 2 atom stereocenters. The van der Waals surface area contributed by atoms with E-state index in [9.17, 15) is 40.9 Å². The summed E-state index contributed by atoms with van der Waals surface area (Å²) in [5.74, 6) is -2.87. The van der Waals surface area contributed by atoms with Crippen molar-refractivity contribution in [3.05, 3.63) is 34.4 Å². The fourth-order valence-electron chi connectivity index (χ4n) is 6.13. The van der Waals surface area contributed by atoms with Crippen molar-refractivity contribution in [2.24, 2.45) is 0 Å². The Bertz CT molecular complexity index is 1250. The van der Waals surface area contributed by atoms with Gasteiger partial charge in [-0.2, -0.15) is 0 Å². The quantitative estimate of drug-likeness (QED) is 0.171. The number of morpholine rings is 4. The van der Waals surface area contributed by atoms with Crippen LogP contribution in [0.2, 0.25) is 0 Å². The molecule has 0 aliphatic carbocycles. The van der Waals surface area contributed by atoms with Crippen LogP contribution < -0.4 is 0 Å². The summed E-state index contributed by atoms with van der Waals surface area (Å²) in [7, 11) is 0. The summed E-state index contributed by atoms with van der Waals surface area (Å²) >= 11 is 0. The van der Waals surface area contributed by atoms with Crippen LogP contribution in [0.15, 0.2) is 12.1 Å². The maximum absolute atomic E-state index is 10.6. The molecule has 2 aromatic rings. The molecule has 8 N–H and O–H groups in total. The number of nitrogens with zero attached hydrogens (tertiary/aromatic N) is 4. The van der Waals surface area contributed by atoms with Gasteiger partial charge in [0.1, 0.15) is 12.5 Å². The van der Waals surface area contributed by atoms with Gasteiger partial charge in [-0.05, 0) is 12.1 Å². The molecule has 268 valence electrons. The standard InChI is InChI=1S/C16H24N2O7.C16H24N2O5/c19-12-10(15(22)17-1-5-24-6-2-17)9-11(13(20)14(12)21)16(23)18-3-7-25-8-4-18;19-14-12(10-17-1-5-22-6-2-17)9-13(15(20)16(14)21)11-18-3-7-23-8-4-18/h9,15-16,19-23H,1-8H2;9,19-21H,1-8,10-11H2. The molecule has 4 saturated heterocycles. The van der Waals surface area contributed by atoms with Crippen molar-refractivity contribution < 1.29 is 59.8 Å². The molecule has 0 spiro atoms. The molecular weight excluding hydrogens is 632 g/mol. The average Bonchev–Trinajstić information content (AvgIpc) is 3.13. The van der Waals surface area contributed by atoms with Crippen LogP contribution in [0.4, 0.5) is 0 Å². The fraction of sp³-hybridized carbons (Fsp3) is 0.625. The van der Waals surface area contributed by atoms with Gasteiger partial charge in [0.15, 0.2) is 23.0 Å². The van der Waals surface area contributed by atoms with Crippen LogP contribution in [0.3, 0.4) is 0 Å². The van der Waals surface area contributed by atoms with Gasteiger partial charge in [0.2, 0.25) is 11.5 Å². The van der Waals surface area contributed by atoms with Crippen LogP contribution >= 0.6 is 0 Å². The van der Waals surface area contributed by atoms with E-state index in [1.165, 1.54) is 6.07 Å². The molecule has 0 saturated carbocycles. The van der Waals surface area contributed by atoms with E-state index in [1.807, 2.05) is 0 Å². The maximum Gasteiger partial charge on any atom is 0.201 e.